The zero-order valence-corrected chi connectivity index (χ0v) is 11.8. The summed E-state index contributed by atoms with van der Waals surface area (Å²) in [5, 5.41) is 7.67. The Morgan fingerprint density at radius 1 is 1.59 bits per heavy atom. The standard InChI is InChI=1S/C13H18BrN3/c1-8-6-9(8)7-17(2)11-5-3-4-10(14)12(11)13(15)16/h3-5,8-9H,6-7H2,1-2H3,(H3,15,16). The summed E-state index contributed by atoms with van der Waals surface area (Å²) in [6.45, 7) is 3.32. The summed E-state index contributed by atoms with van der Waals surface area (Å²) < 4.78 is 0.887. The van der Waals surface area contributed by atoms with Crippen LogP contribution in [0, 0.1) is 17.2 Å². The van der Waals surface area contributed by atoms with Crippen molar-refractivity contribution in [3.8, 4) is 0 Å². The molecular formula is C13H18BrN3. The molecule has 0 saturated heterocycles. The summed E-state index contributed by atoms with van der Waals surface area (Å²) in [6.07, 6.45) is 1.31. The highest BCUT2D eigenvalue weighted by atomic mass is 79.9. The molecule has 1 aliphatic carbocycles. The molecule has 1 aliphatic rings. The van der Waals surface area contributed by atoms with Crippen LogP contribution in [0.2, 0.25) is 0 Å². The molecule has 92 valence electrons. The van der Waals surface area contributed by atoms with Gasteiger partial charge >= 0.3 is 0 Å². The van der Waals surface area contributed by atoms with Crippen LogP contribution in [0.15, 0.2) is 22.7 Å². The number of nitrogens with one attached hydrogen (secondary N) is 1. The van der Waals surface area contributed by atoms with Crippen molar-refractivity contribution in [2.45, 2.75) is 13.3 Å². The number of nitrogens with two attached hydrogens (primary N) is 1. The van der Waals surface area contributed by atoms with Crippen LogP contribution in [0.5, 0.6) is 0 Å². The van der Waals surface area contributed by atoms with Gasteiger partial charge in [-0.1, -0.05) is 13.0 Å². The molecule has 0 bridgehead atoms. The van der Waals surface area contributed by atoms with Crippen LogP contribution >= 0.6 is 15.9 Å². The lowest BCUT2D eigenvalue weighted by Crippen LogP contribution is -2.25. The van der Waals surface area contributed by atoms with Gasteiger partial charge in [-0.25, -0.2) is 0 Å². The van der Waals surface area contributed by atoms with Crippen molar-refractivity contribution < 1.29 is 0 Å². The first-order chi connectivity index (χ1) is 8.00. The Morgan fingerprint density at radius 3 is 2.76 bits per heavy atom. The van der Waals surface area contributed by atoms with E-state index >= 15 is 0 Å². The molecule has 1 fully saturated rings. The van der Waals surface area contributed by atoms with Crippen LogP contribution in [0.4, 0.5) is 5.69 Å². The normalized spacial score (nSPS) is 22.3. The highest BCUT2D eigenvalue weighted by molar-refractivity contribution is 9.10. The lowest BCUT2D eigenvalue weighted by molar-refractivity contribution is 0.725. The Balaban J connectivity index is 2.24. The zero-order valence-electron chi connectivity index (χ0n) is 10.2. The first-order valence-corrected chi connectivity index (χ1v) is 6.64. The van der Waals surface area contributed by atoms with Gasteiger partial charge in [0.15, 0.2) is 0 Å². The Hall–Kier alpha value is -1.03. The van der Waals surface area contributed by atoms with Crippen molar-refractivity contribution in [3.05, 3.63) is 28.2 Å². The molecule has 2 rings (SSSR count). The van der Waals surface area contributed by atoms with Gasteiger partial charge in [0.25, 0.3) is 0 Å². The van der Waals surface area contributed by atoms with E-state index < -0.39 is 0 Å². The molecule has 2 unspecified atom stereocenters. The summed E-state index contributed by atoms with van der Waals surface area (Å²) in [6, 6.07) is 5.93. The second kappa shape index (κ2) is 4.69. The number of hydrogen-bond donors (Lipinski definition) is 2. The number of anilines is 1. The zero-order chi connectivity index (χ0) is 12.6. The highest BCUT2D eigenvalue weighted by Crippen LogP contribution is 2.39. The minimum Gasteiger partial charge on any atom is -0.384 e. The fourth-order valence-electron chi connectivity index (χ4n) is 2.20. The number of nitrogens with zero attached hydrogens (tertiary/aromatic N) is 1. The molecule has 1 aromatic rings. The van der Waals surface area contributed by atoms with Crippen molar-refractivity contribution in [2.75, 3.05) is 18.5 Å². The van der Waals surface area contributed by atoms with Gasteiger partial charge < -0.3 is 10.6 Å². The van der Waals surface area contributed by atoms with Gasteiger partial charge in [0.05, 0.1) is 5.56 Å². The van der Waals surface area contributed by atoms with E-state index in [0.29, 0.717) is 0 Å². The predicted octanol–water partition coefficient (Wildman–Crippen LogP) is 2.83. The van der Waals surface area contributed by atoms with Crippen LogP contribution in [-0.2, 0) is 0 Å². The second-order valence-corrected chi connectivity index (χ2v) is 5.76. The third kappa shape index (κ3) is 2.63. The number of rotatable bonds is 4. The molecule has 1 saturated carbocycles. The van der Waals surface area contributed by atoms with Crippen LogP contribution in [0.3, 0.4) is 0 Å². The maximum Gasteiger partial charge on any atom is 0.126 e. The molecule has 0 spiro atoms. The Kier molecular flexibility index (Phi) is 3.43. The SMILES string of the molecule is CC1CC1CN(C)c1cccc(Br)c1C(=N)N. The van der Waals surface area contributed by atoms with Crippen molar-refractivity contribution >= 4 is 27.5 Å². The van der Waals surface area contributed by atoms with Gasteiger partial charge in [-0.05, 0) is 46.3 Å². The van der Waals surface area contributed by atoms with E-state index in [1.165, 1.54) is 6.42 Å². The van der Waals surface area contributed by atoms with Gasteiger partial charge in [0.2, 0.25) is 0 Å². The molecule has 3 N–H and O–H groups in total. The predicted molar refractivity (Wildman–Crippen MR) is 75.7 cm³/mol. The van der Waals surface area contributed by atoms with E-state index in [4.69, 9.17) is 11.1 Å². The Labute approximate surface area is 111 Å². The van der Waals surface area contributed by atoms with Crippen molar-refractivity contribution in [2.24, 2.45) is 17.6 Å². The first-order valence-electron chi connectivity index (χ1n) is 5.84. The molecule has 0 heterocycles. The minimum atomic E-state index is 0.114. The van der Waals surface area contributed by atoms with E-state index in [0.717, 1.165) is 34.1 Å². The fraction of sp³-hybridized carbons (Fsp3) is 0.462. The Bertz CT molecular complexity index is 444. The van der Waals surface area contributed by atoms with E-state index in [2.05, 4.69) is 34.8 Å². The summed E-state index contributed by atoms with van der Waals surface area (Å²) in [5.41, 5.74) is 7.48. The molecule has 17 heavy (non-hydrogen) atoms. The lowest BCUT2D eigenvalue weighted by atomic mass is 10.1. The molecule has 2 atom stereocenters. The molecule has 0 aliphatic heterocycles. The third-order valence-electron chi connectivity index (χ3n) is 3.46. The van der Waals surface area contributed by atoms with E-state index in [9.17, 15) is 0 Å². The topological polar surface area (TPSA) is 53.1 Å². The summed E-state index contributed by atoms with van der Waals surface area (Å²) in [4.78, 5) is 2.20. The summed E-state index contributed by atoms with van der Waals surface area (Å²) >= 11 is 3.46. The van der Waals surface area contributed by atoms with Gasteiger partial charge in [-0.15, -0.1) is 0 Å². The van der Waals surface area contributed by atoms with Crippen molar-refractivity contribution in [1.82, 2.24) is 0 Å². The van der Waals surface area contributed by atoms with Gasteiger partial charge in [0, 0.05) is 23.8 Å². The van der Waals surface area contributed by atoms with E-state index in [1.807, 2.05) is 18.2 Å². The average molecular weight is 296 g/mol. The summed E-state index contributed by atoms with van der Waals surface area (Å²) in [7, 11) is 2.07. The molecule has 0 radical (unpaired) electrons. The average Bonchev–Trinajstić information content (AvgIpc) is 2.93. The fourth-order valence-corrected chi connectivity index (χ4v) is 2.77. The van der Waals surface area contributed by atoms with Gasteiger partial charge in [-0.2, -0.15) is 0 Å². The van der Waals surface area contributed by atoms with Gasteiger partial charge in [0.1, 0.15) is 5.84 Å². The molecule has 1 aromatic carbocycles. The van der Waals surface area contributed by atoms with Crippen LogP contribution in [-0.4, -0.2) is 19.4 Å². The van der Waals surface area contributed by atoms with Crippen LogP contribution in [0.25, 0.3) is 0 Å². The monoisotopic (exact) mass is 295 g/mol. The number of amidine groups is 1. The van der Waals surface area contributed by atoms with E-state index in [1.54, 1.807) is 0 Å². The second-order valence-electron chi connectivity index (χ2n) is 4.90. The number of benzene rings is 1. The van der Waals surface area contributed by atoms with Gasteiger partial charge in [-0.3, -0.25) is 5.41 Å². The minimum absolute atomic E-state index is 0.114. The largest absolute Gasteiger partial charge is 0.384 e. The van der Waals surface area contributed by atoms with Crippen molar-refractivity contribution in [3.63, 3.8) is 0 Å². The third-order valence-corrected chi connectivity index (χ3v) is 4.12. The number of hydrogen-bond acceptors (Lipinski definition) is 2. The van der Waals surface area contributed by atoms with Crippen LogP contribution < -0.4 is 10.6 Å². The van der Waals surface area contributed by atoms with Crippen LogP contribution in [0.1, 0.15) is 18.9 Å². The molecule has 4 heteroatoms. The molecule has 0 aromatic heterocycles. The first kappa shape index (κ1) is 12.4. The molecular weight excluding hydrogens is 278 g/mol. The molecule has 0 amide bonds. The van der Waals surface area contributed by atoms with E-state index in [-0.39, 0.29) is 5.84 Å². The smallest absolute Gasteiger partial charge is 0.126 e. The lowest BCUT2D eigenvalue weighted by Gasteiger charge is -2.23. The Morgan fingerprint density at radius 2 is 2.24 bits per heavy atom. The maximum absolute atomic E-state index is 7.67. The highest BCUT2D eigenvalue weighted by Gasteiger charge is 2.33. The van der Waals surface area contributed by atoms with Crippen molar-refractivity contribution in [1.29, 1.82) is 5.41 Å². The summed E-state index contributed by atoms with van der Waals surface area (Å²) in [5.74, 6) is 1.74. The quantitative estimate of drug-likeness (QED) is 0.663. The molecule has 3 nitrogen and oxygen atoms in total. The number of nitrogen functional groups attached to an aromatic ring is 1. The number of halogens is 1. The maximum atomic E-state index is 7.67.